The Labute approximate surface area is 209 Å². The van der Waals surface area contributed by atoms with Crippen molar-refractivity contribution >= 4 is 41.7 Å². The van der Waals surface area contributed by atoms with Crippen molar-refractivity contribution in [2.75, 3.05) is 51.3 Å². The Balaban J connectivity index is 0.00000363. The lowest BCUT2D eigenvalue weighted by Crippen LogP contribution is -2.42. The topological polar surface area (TPSA) is 96.1 Å². The molecule has 3 heterocycles. The maximum atomic E-state index is 11.7. The number of aliphatic imine (C=N–C) groups is 1. The Morgan fingerprint density at radius 2 is 2.16 bits per heavy atom. The first-order valence-electron chi connectivity index (χ1n) is 11.6. The van der Waals surface area contributed by atoms with Crippen LogP contribution < -0.4 is 16.0 Å². The number of nitrogens with zero attached hydrogens (tertiary/aromatic N) is 4. The number of anilines is 1. The molecule has 2 aliphatic heterocycles. The summed E-state index contributed by atoms with van der Waals surface area (Å²) in [7, 11) is 2.10. The normalized spacial score (nSPS) is 19.9. The zero-order valence-corrected chi connectivity index (χ0v) is 21.8. The maximum absolute atomic E-state index is 11.7. The number of pyridine rings is 1. The van der Waals surface area contributed by atoms with Crippen molar-refractivity contribution in [3.05, 3.63) is 23.9 Å². The molecule has 0 aliphatic carbocycles. The van der Waals surface area contributed by atoms with E-state index >= 15 is 0 Å². The van der Waals surface area contributed by atoms with Crippen molar-refractivity contribution < 1.29 is 9.53 Å². The monoisotopic (exact) mass is 558 g/mol. The van der Waals surface area contributed by atoms with E-state index in [4.69, 9.17) is 15.5 Å². The molecule has 32 heavy (non-hydrogen) atoms. The first-order chi connectivity index (χ1) is 15.1. The molecule has 0 radical (unpaired) electrons. The van der Waals surface area contributed by atoms with Gasteiger partial charge in [0.2, 0.25) is 5.91 Å². The van der Waals surface area contributed by atoms with E-state index in [-0.39, 0.29) is 35.8 Å². The molecule has 2 aliphatic rings. The second kappa shape index (κ2) is 13.8. The first kappa shape index (κ1) is 26.6. The summed E-state index contributed by atoms with van der Waals surface area (Å²) in [6.45, 7) is 7.74. The van der Waals surface area contributed by atoms with E-state index in [1.807, 2.05) is 12.3 Å². The lowest BCUT2D eigenvalue weighted by atomic mass is 9.96. The van der Waals surface area contributed by atoms with Crippen LogP contribution in [-0.2, 0) is 16.1 Å². The molecule has 0 bridgehead atoms. The van der Waals surface area contributed by atoms with E-state index in [9.17, 15) is 4.79 Å². The van der Waals surface area contributed by atoms with Crippen molar-refractivity contribution in [1.82, 2.24) is 15.2 Å². The molecular weight excluding hydrogens is 519 g/mol. The number of hydrogen-bond acceptors (Lipinski definition) is 5. The number of hydrogen-bond donors (Lipinski definition) is 2. The number of nitrogens with one attached hydrogen (secondary N) is 1. The number of carbonyl (C=O) groups is 1. The third-order valence-corrected chi connectivity index (χ3v) is 6.30. The third kappa shape index (κ3) is 7.75. The summed E-state index contributed by atoms with van der Waals surface area (Å²) in [5.74, 6) is 2.23. The number of nitrogens with two attached hydrogens (primary N) is 1. The maximum Gasteiger partial charge on any atom is 0.222 e. The number of aromatic nitrogens is 1. The van der Waals surface area contributed by atoms with Gasteiger partial charge < -0.3 is 25.6 Å². The van der Waals surface area contributed by atoms with Gasteiger partial charge in [0.25, 0.3) is 0 Å². The number of primary amides is 1. The second-order valence-corrected chi connectivity index (χ2v) is 8.61. The molecule has 0 saturated carbocycles. The third-order valence-electron chi connectivity index (χ3n) is 6.30. The zero-order valence-electron chi connectivity index (χ0n) is 19.5. The van der Waals surface area contributed by atoms with Crippen LogP contribution in [0.15, 0.2) is 23.3 Å². The Hall–Kier alpha value is -1.62. The number of ether oxygens (including phenoxy) is 1. The molecule has 1 unspecified atom stereocenters. The second-order valence-electron chi connectivity index (χ2n) is 8.61. The number of piperidine rings is 1. The minimum Gasteiger partial charge on any atom is -0.381 e. The SMILES string of the molecule is CCNC(=NCc1cccnc1N1CCCC(C(N)=O)C1)N(C)CCC1CCOCC1.I. The van der Waals surface area contributed by atoms with Crippen molar-refractivity contribution in [3.8, 4) is 0 Å². The van der Waals surface area contributed by atoms with Gasteiger partial charge in [0.1, 0.15) is 5.82 Å². The average Bonchev–Trinajstić information content (AvgIpc) is 2.81. The summed E-state index contributed by atoms with van der Waals surface area (Å²) in [5, 5.41) is 3.42. The first-order valence-corrected chi connectivity index (χ1v) is 11.6. The van der Waals surface area contributed by atoms with Crippen LogP contribution in [0.5, 0.6) is 0 Å². The molecule has 1 atom stereocenters. The van der Waals surface area contributed by atoms with Gasteiger partial charge in [-0.25, -0.2) is 9.98 Å². The molecule has 8 nitrogen and oxygen atoms in total. The lowest BCUT2D eigenvalue weighted by molar-refractivity contribution is -0.122. The molecule has 3 rings (SSSR count). The van der Waals surface area contributed by atoms with E-state index in [0.29, 0.717) is 13.1 Å². The van der Waals surface area contributed by atoms with Gasteiger partial charge in [-0.3, -0.25) is 4.79 Å². The summed E-state index contributed by atoms with van der Waals surface area (Å²) in [6.07, 6.45) is 7.08. The van der Waals surface area contributed by atoms with Crippen molar-refractivity contribution in [2.45, 2.75) is 45.6 Å². The smallest absolute Gasteiger partial charge is 0.222 e. The Bertz CT molecular complexity index is 741. The van der Waals surface area contributed by atoms with Gasteiger partial charge >= 0.3 is 0 Å². The van der Waals surface area contributed by atoms with Gasteiger partial charge in [-0.2, -0.15) is 0 Å². The highest BCUT2D eigenvalue weighted by atomic mass is 127. The fraction of sp³-hybridized carbons (Fsp3) is 0.696. The summed E-state index contributed by atoms with van der Waals surface area (Å²) in [4.78, 5) is 25.6. The zero-order chi connectivity index (χ0) is 22.1. The van der Waals surface area contributed by atoms with Crippen LogP contribution in [0.25, 0.3) is 0 Å². The molecule has 180 valence electrons. The van der Waals surface area contributed by atoms with E-state index in [2.05, 4.69) is 40.1 Å². The number of amides is 1. The summed E-state index contributed by atoms with van der Waals surface area (Å²) in [6, 6.07) is 4.02. The van der Waals surface area contributed by atoms with Crippen LogP contribution in [-0.4, -0.2) is 68.2 Å². The van der Waals surface area contributed by atoms with Gasteiger partial charge in [0.05, 0.1) is 12.5 Å². The van der Waals surface area contributed by atoms with Gasteiger partial charge in [0, 0.05) is 58.2 Å². The van der Waals surface area contributed by atoms with Crippen LogP contribution in [0.3, 0.4) is 0 Å². The number of rotatable bonds is 8. The Morgan fingerprint density at radius 1 is 1.38 bits per heavy atom. The molecule has 0 aromatic carbocycles. The molecule has 1 amide bonds. The molecule has 3 N–H and O–H groups in total. The molecule has 0 spiro atoms. The predicted octanol–water partition coefficient (Wildman–Crippen LogP) is 2.62. The highest BCUT2D eigenvalue weighted by Gasteiger charge is 2.26. The molecule has 9 heteroatoms. The largest absolute Gasteiger partial charge is 0.381 e. The van der Waals surface area contributed by atoms with Crippen LogP contribution in [0.1, 0.15) is 44.6 Å². The highest BCUT2D eigenvalue weighted by molar-refractivity contribution is 14.0. The minimum absolute atomic E-state index is 0. The van der Waals surface area contributed by atoms with Crippen molar-refractivity contribution in [1.29, 1.82) is 0 Å². The van der Waals surface area contributed by atoms with Crippen molar-refractivity contribution in [2.24, 2.45) is 22.6 Å². The average molecular weight is 559 g/mol. The fourth-order valence-corrected chi connectivity index (χ4v) is 4.39. The Morgan fingerprint density at radius 3 is 2.88 bits per heavy atom. The number of carbonyl (C=O) groups excluding carboxylic acids is 1. The quantitative estimate of drug-likeness (QED) is 0.290. The number of halogens is 1. The molecule has 2 saturated heterocycles. The molecular formula is C23H39IN6O2. The van der Waals surface area contributed by atoms with E-state index < -0.39 is 0 Å². The summed E-state index contributed by atoms with van der Waals surface area (Å²) in [5.41, 5.74) is 6.63. The van der Waals surface area contributed by atoms with Crippen LogP contribution in [0.2, 0.25) is 0 Å². The van der Waals surface area contributed by atoms with Gasteiger partial charge in [-0.1, -0.05) is 6.07 Å². The van der Waals surface area contributed by atoms with Gasteiger partial charge in [-0.15, -0.1) is 24.0 Å². The van der Waals surface area contributed by atoms with Crippen LogP contribution in [0.4, 0.5) is 5.82 Å². The lowest BCUT2D eigenvalue weighted by Gasteiger charge is -2.33. The fourth-order valence-electron chi connectivity index (χ4n) is 4.39. The van der Waals surface area contributed by atoms with E-state index in [0.717, 1.165) is 88.2 Å². The summed E-state index contributed by atoms with van der Waals surface area (Å²) < 4.78 is 5.48. The van der Waals surface area contributed by atoms with Crippen LogP contribution >= 0.6 is 24.0 Å². The minimum atomic E-state index is -0.221. The molecule has 1 aromatic heterocycles. The van der Waals surface area contributed by atoms with Gasteiger partial charge in [-0.05, 0) is 51.0 Å². The predicted molar refractivity (Wildman–Crippen MR) is 139 cm³/mol. The molecule has 2 fully saturated rings. The van der Waals surface area contributed by atoms with E-state index in [1.165, 1.54) is 0 Å². The van der Waals surface area contributed by atoms with E-state index in [1.54, 1.807) is 0 Å². The van der Waals surface area contributed by atoms with Crippen molar-refractivity contribution in [3.63, 3.8) is 0 Å². The summed E-state index contributed by atoms with van der Waals surface area (Å²) >= 11 is 0. The van der Waals surface area contributed by atoms with Gasteiger partial charge in [0.15, 0.2) is 5.96 Å². The Kier molecular flexibility index (Phi) is 11.5. The van der Waals surface area contributed by atoms with Crippen LogP contribution in [0, 0.1) is 11.8 Å². The molecule has 1 aromatic rings. The standard InChI is InChI=1S/C23H38N6O2.HI/c1-3-25-23(28(2)13-8-18-9-14-31-15-10-18)27-16-19-6-4-11-26-22(19)29-12-5-7-20(17-29)21(24)30;/h4,6,11,18,20H,3,5,7-10,12-17H2,1-2H3,(H2,24,30)(H,25,27);1H. The highest BCUT2D eigenvalue weighted by Crippen LogP contribution is 2.25. The number of guanidine groups is 1.